The van der Waals surface area contributed by atoms with E-state index < -0.39 is 0 Å². The third-order valence-electron chi connectivity index (χ3n) is 5.14. The summed E-state index contributed by atoms with van der Waals surface area (Å²) in [6.45, 7) is 24.1. The molecular formula is C21H32N2. The van der Waals surface area contributed by atoms with E-state index in [4.69, 9.17) is 4.99 Å². The molecule has 2 nitrogen and oxygen atoms in total. The number of allylic oxidation sites excluding steroid dienone is 1. The fourth-order valence-corrected chi connectivity index (χ4v) is 3.64. The van der Waals surface area contributed by atoms with Crippen LogP contribution in [0.2, 0.25) is 0 Å². The number of fused-ring (bicyclic) bond motifs is 1. The molecule has 0 unspecified atom stereocenters. The first-order chi connectivity index (χ1) is 10.4. The average molecular weight is 313 g/mol. The standard InChI is InChI=1S/C21H32N2/c1-12-11-17-13(2)14(3)19(22-16(5)20(6,7)8)15(4)18(17)21(9,10)23-12/h22H,5,11H2,1-4,6-10H3. The van der Waals surface area contributed by atoms with Crippen molar-refractivity contribution in [3.8, 4) is 0 Å². The molecule has 0 amide bonds. The first-order valence-corrected chi connectivity index (χ1v) is 8.51. The number of hydrogen-bond donors (Lipinski definition) is 1. The Kier molecular flexibility index (Phi) is 4.26. The normalized spacial score (nSPS) is 16.7. The lowest BCUT2D eigenvalue weighted by atomic mass is 9.78. The molecule has 2 rings (SSSR count). The van der Waals surface area contributed by atoms with Gasteiger partial charge in [0.1, 0.15) is 0 Å². The van der Waals surface area contributed by atoms with Gasteiger partial charge in [0.05, 0.1) is 5.54 Å². The maximum Gasteiger partial charge on any atom is 0.0806 e. The van der Waals surface area contributed by atoms with Crippen molar-refractivity contribution in [1.29, 1.82) is 0 Å². The van der Waals surface area contributed by atoms with E-state index in [0.29, 0.717) is 0 Å². The highest BCUT2D eigenvalue weighted by Crippen LogP contribution is 2.42. The van der Waals surface area contributed by atoms with Crippen molar-refractivity contribution in [1.82, 2.24) is 0 Å². The van der Waals surface area contributed by atoms with Crippen LogP contribution in [-0.4, -0.2) is 5.71 Å². The van der Waals surface area contributed by atoms with Crippen molar-refractivity contribution >= 4 is 11.4 Å². The molecule has 0 saturated carbocycles. The quantitative estimate of drug-likeness (QED) is 0.729. The van der Waals surface area contributed by atoms with Crippen LogP contribution in [0, 0.1) is 26.2 Å². The molecular weight excluding hydrogens is 280 g/mol. The lowest BCUT2D eigenvalue weighted by Gasteiger charge is -2.35. The van der Waals surface area contributed by atoms with Gasteiger partial charge in [-0.3, -0.25) is 4.99 Å². The third-order valence-corrected chi connectivity index (χ3v) is 5.14. The summed E-state index contributed by atoms with van der Waals surface area (Å²) in [5, 5.41) is 3.62. The molecule has 0 saturated heterocycles. The van der Waals surface area contributed by atoms with Gasteiger partial charge in [-0.2, -0.15) is 0 Å². The molecule has 2 heteroatoms. The fraction of sp³-hybridized carbons (Fsp3) is 0.571. The van der Waals surface area contributed by atoms with Crippen LogP contribution in [0.15, 0.2) is 17.3 Å². The number of aliphatic imine (C=N–C) groups is 1. The molecule has 0 radical (unpaired) electrons. The van der Waals surface area contributed by atoms with Gasteiger partial charge in [0.25, 0.3) is 0 Å². The van der Waals surface area contributed by atoms with Crippen LogP contribution >= 0.6 is 0 Å². The Morgan fingerprint density at radius 1 is 1.04 bits per heavy atom. The molecule has 1 aliphatic rings. The Hall–Kier alpha value is -1.57. The Labute approximate surface area is 142 Å². The summed E-state index contributed by atoms with van der Waals surface area (Å²) in [5.41, 5.74) is 10.2. The highest BCUT2D eigenvalue weighted by Gasteiger charge is 2.32. The van der Waals surface area contributed by atoms with Crippen molar-refractivity contribution in [2.45, 2.75) is 74.3 Å². The van der Waals surface area contributed by atoms with Gasteiger partial charge in [-0.25, -0.2) is 0 Å². The van der Waals surface area contributed by atoms with Crippen LogP contribution in [0.1, 0.15) is 69.4 Å². The first-order valence-electron chi connectivity index (χ1n) is 8.51. The van der Waals surface area contributed by atoms with Crippen molar-refractivity contribution in [3.05, 3.63) is 40.1 Å². The number of benzene rings is 1. The number of hydrogen-bond acceptors (Lipinski definition) is 2. The average Bonchev–Trinajstić information content (AvgIpc) is 2.37. The molecule has 126 valence electrons. The van der Waals surface area contributed by atoms with Gasteiger partial charge in [0.15, 0.2) is 0 Å². The Balaban J connectivity index is 2.67. The van der Waals surface area contributed by atoms with Crippen LogP contribution < -0.4 is 5.32 Å². The van der Waals surface area contributed by atoms with Crippen LogP contribution in [0.25, 0.3) is 0 Å². The van der Waals surface area contributed by atoms with Gasteiger partial charge in [-0.1, -0.05) is 27.4 Å². The highest BCUT2D eigenvalue weighted by molar-refractivity contribution is 5.88. The lowest BCUT2D eigenvalue weighted by Crippen LogP contribution is -2.28. The topological polar surface area (TPSA) is 24.4 Å². The Morgan fingerprint density at radius 2 is 1.61 bits per heavy atom. The molecule has 1 aromatic rings. The number of rotatable bonds is 2. The number of anilines is 1. The second kappa shape index (κ2) is 5.51. The fourth-order valence-electron chi connectivity index (χ4n) is 3.64. The highest BCUT2D eigenvalue weighted by atomic mass is 14.9. The van der Waals surface area contributed by atoms with E-state index >= 15 is 0 Å². The second-order valence-electron chi connectivity index (χ2n) is 8.54. The zero-order valence-corrected chi connectivity index (χ0v) is 16.4. The van der Waals surface area contributed by atoms with Gasteiger partial charge in [-0.05, 0) is 69.4 Å². The molecule has 1 aliphatic heterocycles. The van der Waals surface area contributed by atoms with E-state index in [9.17, 15) is 0 Å². The minimum absolute atomic E-state index is 0.0347. The zero-order chi connectivity index (χ0) is 17.7. The SMILES string of the molecule is C=C(Nc1c(C)c(C)c2c(c1C)C(C)(C)N=C(C)C2)C(C)(C)C. The van der Waals surface area contributed by atoms with Crippen molar-refractivity contribution in [3.63, 3.8) is 0 Å². The minimum atomic E-state index is -0.167. The molecule has 0 aromatic heterocycles. The van der Waals surface area contributed by atoms with Gasteiger partial charge in [0, 0.05) is 28.9 Å². The van der Waals surface area contributed by atoms with Gasteiger partial charge >= 0.3 is 0 Å². The third kappa shape index (κ3) is 3.08. The Bertz CT molecular complexity index is 698. The van der Waals surface area contributed by atoms with Gasteiger partial charge in [0.2, 0.25) is 0 Å². The molecule has 1 aromatic carbocycles. The summed E-state index contributed by atoms with van der Waals surface area (Å²) in [6.07, 6.45) is 0.965. The summed E-state index contributed by atoms with van der Waals surface area (Å²) in [7, 11) is 0. The largest absolute Gasteiger partial charge is 0.359 e. The zero-order valence-electron chi connectivity index (χ0n) is 16.4. The van der Waals surface area contributed by atoms with Crippen LogP contribution in [0.4, 0.5) is 5.69 Å². The predicted molar refractivity (Wildman–Crippen MR) is 103 cm³/mol. The van der Waals surface area contributed by atoms with E-state index in [1.165, 1.54) is 39.2 Å². The number of nitrogens with zero attached hydrogens (tertiary/aromatic N) is 1. The molecule has 1 heterocycles. The lowest BCUT2D eigenvalue weighted by molar-refractivity contribution is 0.509. The van der Waals surface area contributed by atoms with Crippen LogP contribution in [0.3, 0.4) is 0 Å². The molecule has 0 aliphatic carbocycles. The maximum atomic E-state index is 4.92. The van der Waals surface area contributed by atoms with Gasteiger partial charge in [-0.15, -0.1) is 0 Å². The molecule has 0 spiro atoms. The van der Waals surface area contributed by atoms with Crippen molar-refractivity contribution in [2.75, 3.05) is 5.32 Å². The summed E-state index contributed by atoms with van der Waals surface area (Å²) >= 11 is 0. The van der Waals surface area contributed by atoms with Crippen molar-refractivity contribution in [2.24, 2.45) is 10.4 Å². The Morgan fingerprint density at radius 3 is 2.13 bits per heavy atom. The molecule has 0 atom stereocenters. The molecule has 0 bridgehead atoms. The first kappa shape index (κ1) is 17.8. The molecule has 0 fully saturated rings. The van der Waals surface area contributed by atoms with Crippen LogP contribution in [-0.2, 0) is 12.0 Å². The smallest absolute Gasteiger partial charge is 0.0806 e. The molecule has 23 heavy (non-hydrogen) atoms. The van der Waals surface area contributed by atoms with E-state index in [-0.39, 0.29) is 11.0 Å². The van der Waals surface area contributed by atoms with E-state index in [1.54, 1.807) is 0 Å². The monoisotopic (exact) mass is 312 g/mol. The van der Waals surface area contributed by atoms with E-state index in [0.717, 1.165) is 12.1 Å². The minimum Gasteiger partial charge on any atom is -0.359 e. The summed E-state index contributed by atoms with van der Waals surface area (Å²) in [4.78, 5) is 4.92. The van der Waals surface area contributed by atoms with E-state index in [2.05, 4.69) is 74.2 Å². The van der Waals surface area contributed by atoms with Crippen LogP contribution in [0.5, 0.6) is 0 Å². The maximum absolute atomic E-state index is 4.92. The summed E-state index contributed by atoms with van der Waals surface area (Å²) < 4.78 is 0. The summed E-state index contributed by atoms with van der Waals surface area (Å²) in [6, 6.07) is 0. The summed E-state index contributed by atoms with van der Waals surface area (Å²) in [5.74, 6) is 0. The molecule has 1 N–H and O–H groups in total. The predicted octanol–water partition coefficient (Wildman–Crippen LogP) is 5.84. The van der Waals surface area contributed by atoms with Gasteiger partial charge < -0.3 is 5.32 Å². The second-order valence-corrected chi connectivity index (χ2v) is 8.54. The number of nitrogens with one attached hydrogen (secondary N) is 1. The van der Waals surface area contributed by atoms with Crippen molar-refractivity contribution < 1.29 is 0 Å². The van der Waals surface area contributed by atoms with E-state index in [1.807, 2.05) is 0 Å².